The van der Waals surface area contributed by atoms with Crippen LogP contribution in [0.15, 0.2) is 36.5 Å². The molecule has 6 nitrogen and oxygen atoms in total. The molecule has 1 aliphatic carbocycles. The van der Waals surface area contributed by atoms with E-state index in [0.29, 0.717) is 28.9 Å². The summed E-state index contributed by atoms with van der Waals surface area (Å²) in [7, 11) is 3.14. The number of hydrogen-bond donors (Lipinski definition) is 2. The van der Waals surface area contributed by atoms with E-state index >= 15 is 0 Å². The van der Waals surface area contributed by atoms with E-state index in [9.17, 15) is 4.79 Å². The summed E-state index contributed by atoms with van der Waals surface area (Å²) in [5, 5.41) is 6.37. The lowest BCUT2D eigenvalue weighted by Gasteiger charge is -2.17. The van der Waals surface area contributed by atoms with Gasteiger partial charge in [-0.25, -0.2) is 4.98 Å². The van der Waals surface area contributed by atoms with Gasteiger partial charge in [-0.1, -0.05) is 25.7 Å². The van der Waals surface area contributed by atoms with Gasteiger partial charge in [-0.05, 0) is 37.1 Å². The predicted molar refractivity (Wildman–Crippen MR) is 107 cm³/mol. The normalized spacial score (nSPS) is 14.9. The maximum atomic E-state index is 12.5. The number of hydrogen-bond acceptors (Lipinski definition) is 5. The first kappa shape index (κ1) is 19.0. The summed E-state index contributed by atoms with van der Waals surface area (Å²) >= 11 is 0. The molecule has 0 radical (unpaired) electrons. The predicted octanol–water partition coefficient (Wildman–Crippen LogP) is 4.49. The van der Waals surface area contributed by atoms with Gasteiger partial charge in [0.05, 0.1) is 31.8 Å². The van der Waals surface area contributed by atoms with Gasteiger partial charge in [-0.3, -0.25) is 4.79 Å². The number of nitrogens with one attached hydrogen (secondary N) is 2. The molecule has 0 aliphatic heterocycles. The number of carbonyl (C=O) groups is 1. The zero-order chi connectivity index (χ0) is 19.1. The number of benzene rings is 1. The van der Waals surface area contributed by atoms with Crippen LogP contribution in [0.2, 0.25) is 0 Å². The Morgan fingerprint density at radius 1 is 1.04 bits per heavy atom. The topological polar surface area (TPSA) is 72.5 Å². The van der Waals surface area contributed by atoms with Crippen LogP contribution in [0.25, 0.3) is 0 Å². The van der Waals surface area contributed by atoms with Gasteiger partial charge < -0.3 is 20.1 Å². The number of pyridine rings is 1. The number of amides is 1. The van der Waals surface area contributed by atoms with Crippen LogP contribution >= 0.6 is 0 Å². The minimum Gasteiger partial charge on any atom is -0.497 e. The highest BCUT2D eigenvalue weighted by Crippen LogP contribution is 2.29. The third-order valence-corrected chi connectivity index (χ3v) is 4.88. The molecule has 1 heterocycles. The van der Waals surface area contributed by atoms with E-state index < -0.39 is 0 Å². The molecular formula is C21H27N3O3. The quantitative estimate of drug-likeness (QED) is 0.734. The second kappa shape index (κ2) is 9.26. The Bertz CT molecular complexity index is 754. The number of methoxy groups -OCH3 is 2. The van der Waals surface area contributed by atoms with Crippen molar-refractivity contribution in [3.05, 3.63) is 42.2 Å². The van der Waals surface area contributed by atoms with Crippen molar-refractivity contribution in [2.24, 2.45) is 0 Å². The molecule has 27 heavy (non-hydrogen) atoms. The maximum Gasteiger partial charge on any atom is 0.274 e. The van der Waals surface area contributed by atoms with Gasteiger partial charge in [0.15, 0.2) is 0 Å². The number of nitrogens with zero attached hydrogens (tertiary/aromatic N) is 1. The van der Waals surface area contributed by atoms with Crippen molar-refractivity contribution in [3.63, 3.8) is 0 Å². The van der Waals surface area contributed by atoms with Crippen LogP contribution in [0.1, 0.15) is 49.0 Å². The molecule has 1 aliphatic rings. The number of anilines is 2. The number of aromatic nitrogens is 1. The average molecular weight is 369 g/mol. The zero-order valence-electron chi connectivity index (χ0n) is 16.0. The van der Waals surface area contributed by atoms with E-state index in [1.165, 1.54) is 38.5 Å². The molecule has 3 rings (SSSR count). The molecule has 0 unspecified atom stereocenters. The first-order chi connectivity index (χ1) is 13.2. The maximum absolute atomic E-state index is 12.5. The molecule has 0 atom stereocenters. The fraction of sp³-hybridized carbons (Fsp3) is 0.429. The minimum atomic E-state index is -0.289. The Morgan fingerprint density at radius 2 is 1.81 bits per heavy atom. The molecule has 1 saturated carbocycles. The lowest BCUT2D eigenvalue weighted by molar-refractivity contribution is 0.102. The summed E-state index contributed by atoms with van der Waals surface area (Å²) in [5.41, 5.74) is 1.85. The standard InChI is InChI=1S/C21H27N3O3/c1-26-17-10-12-20(27-2)19(13-17)24-21(25)18-11-9-16(14-22-18)23-15-7-5-3-4-6-8-15/h9-15,23H,3-8H2,1-2H3,(H,24,25). The molecule has 0 saturated heterocycles. The minimum absolute atomic E-state index is 0.289. The van der Waals surface area contributed by atoms with Crippen LogP contribution in [0, 0.1) is 0 Å². The van der Waals surface area contributed by atoms with Crippen molar-refractivity contribution in [3.8, 4) is 11.5 Å². The van der Waals surface area contributed by atoms with Crippen molar-refractivity contribution in [2.75, 3.05) is 24.9 Å². The summed E-state index contributed by atoms with van der Waals surface area (Å²) in [5.74, 6) is 0.917. The highest BCUT2D eigenvalue weighted by atomic mass is 16.5. The summed E-state index contributed by atoms with van der Waals surface area (Å²) < 4.78 is 10.5. The van der Waals surface area contributed by atoms with E-state index in [1.54, 1.807) is 44.7 Å². The molecule has 2 N–H and O–H groups in total. The van der Waals surface area contributed by atoms with E-state index in [2.05, 4.69) is 15.6 Å². The van der Waals surface area contributed by atoms with Gasteiger partial charge in [0.25, 0.3) is 5.91 Å². The summed E-state index contributed by atoms with van der Waals surface area (Å²) in [6, 6.07) is 9.40. The second-order valence-corrected chi connectivity index (χ2v) is 6.79. The van der Waals surface area contributed by atoms with Crippen molar-refractivity contribution in [1.29, 1.82) is 0 Å². The number of rotatable bonds is 6. The first-order valence-electron chi connectivity index (χ1n) is 9.45. The molecule has 1 fully saturated rings. The average Bonchev–Trinajstić information content (AvgIpc) is 2.97. The van der Waals surface area contributed by atoms with Crippen LogP contribution in [0.4, 0.5) is 11.4 Å². The smallest absolute Gasteiger partial charge is 0.274 e. The monoisotopic (exact) mass is 369 g/mol. The molecule has 144 valence electrons. The third kappa shape index (κ3) is 5.12. The molecule has 0 bridgehead atoms. The first-order valence-corrected chi connectivity index (χ1v) is 9.45. The van der Waals surface area contributed by atoms with Gasteiger partial charge >= 0.3 is 0 Å². The van der Waals surface area contributed by atoms with Crippen molar-refractivity contribution < 1.29 is 14.3 Å². The lowest BCUT2D eigenvalue weighted by atomic mass is 10.1. The van der Waals surface area contributed by atoms with Gasteiger partial charge in [-0.15, -0.1) is 0 Å². The zero-order valence-corrected chi connectivity index (χ0v) is 16.0. The van der Waals surface area contributed by atoms with E-state index in [0.717, 1.165) is 5.69 Å². The summed E-state index contributed by atoms with van der Waals surface area (Å²) in [4.78, 5) is 16.9. The van der Waals surface area contributed by atoms with Crippen LogP contribution in [0.5, 0.6) is 11.5 Å². The molecular weight excluding hydrogens is 342 g/mol. The Morgan fingerprint density at radius 3 is 2.44 bits per heavy atom. The van der Waals surface area contributed by atoms with E-state index in [4.69, 9.17) is 9.47 Å². The van der Waals surface area contributed by atoms with Crippen LogP contribution in [-0.4, -0.2) is 31.2 Å². The Kier molecular flexibility index (Phi) is 6.52. The van der Waals surface area contributed by atoms with Crippen LogP contribution in [-0.2, 0) is 0 Å². The number of carbonyl (C=O) groups excluding carboxylic acids is 1. The van der Waals surface area contributed by atoms with Crippen molar-refractivity contribution in [1.82, 2.24) is 4.98 Å². The van der Waals surface area contributed by atoms with Gasteiger partial charge in [0.2, 0.25) is 0 Å². The molecule has 2 aromatic rings. The highest BCUT2D eigenvalue weighted by Gasteiger charge is 2.14. The molecule has 6 heteroatoms. The van der Waals surface area contributed by atoms with E-state index in [-0.39, 0.29) is 5.91 Å². The van der Waals surface area contributed by atoms with Crippen LogP contribution < -0.4 is 20.1 Å². The summed E-state index contributed by atoms with van der Waals surface area (Å²) in [6.45, 7) is 0. The van der Waals surface area contributed by atoms with Crippen molar-refractivity contribution >= 4 is 17.3 Å². The third-order valence-electron chi connectivity index (χ3n) is 4.88. The SMILES string of the molecule is COc1ccc(OC)c(NC(=O)c2ccc(NC3CCCCCC3)cn2)c1. The van der Waals surface area contributed by atoms with Gasteiger partial charge in [0.1, 0.15) is 17.2 Å². The van der Waals surface area contributed by atoms with E-state index in [1.807, 2.05) is 6.07 Å². The Balaban J connectivity index is 1.65. The largest absolute Gasteiger partial charge is 0.497 e. The fourth-order valence-corrected chi connectivity index (χ4v) is 3.37. The molecule has 0 spiro atoms. The Labute approximate surface area is 160 Å². The molecule has 1 aromatic carbocycles. The molecule has 1 aromatic heterocycles. The fourth-order valence-electron chi connectivity index (χ4n) is 3.37. The molecule has 1 amide bonds. The summed E-state index contributed by atoms with van der Waals surface area (Å²) in [6.07, 6.45) is 9.30. The Hall–Kier alpha value is -2.76. The highest BCUT2D eigenvalue weighted by molar-refractivity contribution is 6.03. The van der Waals surface area contributed by atoms with Gasteiger partial charge in [0, 0.05) is 12.1 Å². The number of ether oxygens (including phenoxy) is 2. The van der Waals surface area contributed by atoms with Crippen LogP contribution in [0.3, 0.4) is 0 Å². The lowest BCUT2D eigenvalue weighted by Crippen LogP contribution is -2.19. The van der Waals surface area contributed by atoms with Gasteiger partial charge in [-0.2, -0.15) is 0 Å². The van der Waals surface area contributed by atoms with Crippen molar-refractivity contribution in [2.45, 2.75) is 44.6 Å². The second-order valence-electron chi connectivity index (χ2n) is 6.79.